The summed E-state index contributed by atoms with van der Waals surface area (Å²) in [6.07, 6.45) is 0. The van der Waals surface area contributed by atoms with Gasteiger partial charge in [0.2, 0.25) is 0 Å². The van der Waals surface area contributed by atoms with E-state index in [1.807, 2.05) is 37.3 Å². The zero-order chi connectivity index (χ0) is 23.2. The summed E-state index contributed by atoms with van der Waals surface area (Å²) in [5.41, 5.74) is 2.32. The van der Waals surface area contributed by atoms with Gasteiger partial charge in [-0.2, -0.15) is 5.10 Å². The van der Waals surface area contributed by atoms with E-state index in [1.54, 1.807) is 30.3 Å². The quantitative estimate of drug-likeness (QED) is 0.408. The third-order valence-electron chi connectivity index (χ3n) is 4.75. The Hall–Kier alpha value is -3.49. The number of rotatable bonds is 8. The monoisotopic (exact) mass is 480 g/mol. The molecule has 0 unspecified atom stereocenters. The van der Waals surface area contributed by atoms with Crippen LogP contribution < -0.4 is 15.6 Å². The molecule has 2 aromatic carbocycles. The van der Waals surface area contributed by atoms with Gasteiger partial charge in [0.25, 0.3) is 11.5 Å². The number of nitrogens with zero attached hydrogens (tertiary/aromatic N) is 3. The first kappa shape index (κ1) is 22.7. The molecule has 2 aromatic heterocycles. The van der Waals surface area contributed by atoms with Gasteiger partial charge in [0.15, 0.2) is 6.61 Å². The number of carbonyl (C=O) groups excluding carboxylic acids is 1. The van der Waals surface area contributed by atoms with E-state index in [-0.39, 0.29) is 31.2 Å². The lowest BCUT2D eigenvalue weighted by atomic mass is 10.2. The molecule has 0 spiro atoms. The number of ether oxygens (including phenoxy) is 1. The van der Waals surface area contributed by atoms with Crippen molar-refractivity contribution in [1.82, 2.24) is 20.1 Å². The first-order chi connectivity index (χ1) is 16.0. The summed E-state index contributed by atoms with van der Waals surface area (Å²) in [5.74, 6) is 0.259. The first-order valence-electron chi connectivity index (χ1n) is 10.3. The van der Waals surface area contributed by atoms with Crippen LogP contribution in [0.4, 0.5) is 0 Å². The van der Waals surface area contributed by atoms with Crippen molar-refractivity contribution in [3.05, 3.63) is 87.8 Å². The Labute approximate surface area is 199 Å². The van der Waals surface area contributed by atoms with Crippen molar-refractivity contribution in [2.24, 2.45) is 0 Å². The van der Waals surface area contributed by atoms with Crippen molar-refractivity contribution < 1.29 is 9.53 Å². The molecule has 0 aliphatic rings. The maximum Gasteiger partial charge on any atom is 0.266 e. The van der Waals surface area contributed by atoms with Crippen LogP contribution in [0.3, 0.4) is 0 Å². The van der Waals surface area contributed by atoms with Crippen molar-refractivity contribution in [1.29, 1.82) is 0 Å². The summed E-state index contributed by atoms with van der Waals surface area (Å²) in [5, 5.41) is 8.72. The Balaban J connectivity index is 1.38. The zero-order valence-corrected chi connectivity index (χ0v) is 19.4. The lowest BCUT2D eigenvalue weighted by Gasteiger charge is -2.09. The minimum Gasteiger partial charge on any atom is -0.484 e. The fraction of sp³-hybridized carbons (Fsp3) is 0.167. The van der Waals surface area contributed by atoms with Crippen LogP contribution in [0.15, 0.2) is 71.5 Å². The molecule has 0 radical (unpaired) electrons. The van der Waals surface area contributed by atoms with Crippen molar-refractivity contribution >= 4 is 28.8 Å². The van der Waals surface area contributed by atoms with Gasteiger partial charge in [0, 0.05) is 23.2 Å². The normalized spacial score (nSPS) is 10.7. The fourth-order valence-electron chi connectivity index (χ4n) is 3.10. The molecule has 4 rings (SSSR count). The molecule has 0 saturated heterocycles. The van der Waals surface area contributed by atoms with Crippen LogP contribution in [-0.4, -0.2) is 33.8 Å². The third-order valence-corrected chi connectivity index (χ3v) is 6.23. The molecule has 1 N–H and O–H groups in total. The standard InChI is InChI=1S/C24H21ClN4O3S/c1-16-23(33-24(27-16)17-5-3-2-4-6-17)20-11-12-22(31)29(28-20)14-13-26-21(30)15-32-19-9-7-18(25)8-10-19/h2-12H,13-15H2,1H3,(H,26,30). The molecule has 9 heteroatoms. The number of aryl methyl sites for hydroxylation is 1. The van der Waals surface area contributed by atoms with Crippen molar-refractivity contribution in [2.75, 3.05) is 13.2 Å². The Morgan fingerprint density at radius 2 is 1.85 bits per heavy atom. The van der Waals surface area contributed by atoms with Crippen LogP contribution >= 0.6 is 22.9 Å². The molecule has 0 aliphatic carbocycles. The van der Waals surface area contributed by atoms with E-state index in [0.29, 0.717) is 16.5 Å². The van der Waals surface area contributed by atoms with E-state index in [0.717, 1.165) is 21.1 Å². The van der Waals surface area contributed by atoms with Crippen LogP contribution in [-0.2, 0) is 11.3 Å². The second-order valence-electron chi connectivity index (χ2n) is 7.17. The van der Waals surface area contributed by atoms with Crippen molar-refractivity contribution in [3.63, 3.8) is 0 Å². The van der Waals surface area contributed by atoms with Gasteiger partial charge in [-0.25, -0.2) is 9.67 Å². The van der Waals surface area contributed by atoms with Crippen LogP contribution in [0.5, 0.6) is 5.75 Å². The average molecular weight is 481 g/mol. The van der Waals surface area contributed by atoms with Crippen molar-refractivity contribution in [2.45, 2.75) is 13.5 Å². The minimum absolute atomic E-state index is 0.133. The van der Waals surface area contributed by atoms with Crippen LogP contribution in [0.2, 0.25) is 5.02 Å². The maximum absolute atomic E-state index is 12.3. The smallest absolute Gasteiger partial charge is 0.266 e. The van der Waals surface area contributed by atoms with Gasteiger partial charge in [0.05, 0.1) is 17.1 Å². The van der Waals surface area contributed by atoms with Gasteiger partial charge in [-0.1, -0.05) is 41.9 Å². The van der Waals surface area contributed by atoms with Crippen LogP contribution in [0.1, 0.15) is 5.69 Å². The summed E-state index contributed by atoms with van der Waals surface area (Å²) in [4.78, 5) is 29.9. The number of amides is 1. The Morgan fingerprint density at radius 1 is 1.09 bits per heavy atom. The second kappa shape index (κ2) is 10.4. The number of hydrogen-bond acceptors (Lipinski definition) is 6. The van der Waals surface area contributed by atoms with E-state index in [1.165, 1.54) is 22.1 Å². The van der Waals surface area contributed by atoms with Gasteiger partial charge in [0.1, 0.15) is 16.5 Å². The molecule has 0 aliphatic heterocycles. The summed E-state index contributed by atoms with van der Waals surface area (Å²) in [7, 11) is 0. The molecular formula is C24H21ClN4O3S. The Bertz CT molecular complexity index is 1300. The highest BCUT2D eigenvalue weighted by Crippen LogP contribution is 2.33. The lowest BCUT2D eigenvalue weighted by Crippen LogP contribution is -2.34. The molecule has 2 heterocycles. The van der Waals surface area contributed by atoms with E-state index in [9.17, 15) is 9.59 Å². The van der Waals surface area contributed by atoms with E-state index >= 15 is 0 Å². The van der Waals surface area contributed by atoms with Gasteiger partial charge in [-0.3, -0.25) is 9.59 Å². The number of halogens is 1. The summed E-state index contributed by atoms with van der Waals surface area (Å²) in [6.45, 7) is 2.28. The Morgan fingerprint density at radius 3 is 2.61 bits per heavy atom. The fourth-order valence-corrected chi connectivity index (χ4v) is 4.26. The summed E-state index contributed by atoms with van der Waals surface area (Å²) in [6, 6.07) is 19.9. The van der Waals surface area contributed by atoms with Crippen LogP contribution in [0.25, 0.3) is 21.1 Å². The SMILES string of the molecule is Cc1nc(-c2ccccc2)sc1-c1ccc(=O)n(CCNC(=O)COc2ccc(Cl)cc2)n1. The second-order valence-corrected chi connectivity index (χ2v) is 8.61. The molecule has 0 bridgehead atoms. The molecule has 168 valence electrons. The number of thiazole rings is 1. The molecule has 7 nitrogen and oxygen atoms in total. The van der Waals surface area contributed by atoms with E-state index in [2.05, 4.69) is 15.4 Å². The first-order valence-corrected chi connectivity index (χ1v) is 11.5. The third kappa shape index (κ3) is 5.85. The molecule has 0 atom stereocenters. The number of benzene rings is 2. The van der Waals surface area contributed by atoms with E-state index in [4.69, 9.17) is 16.3 Å². The zero-order valence-electron chi connectivity index (χ0n) is 17.8. The lowest BCUT2D eigenvalue weighted by molar-refractivity contribution is -0.123. The molecule has 0 saturated carbocycles. The molecule has 0 fully saturated rings. The van der Waals surface area contributed by atoms with Gasteiger partial charge < -0.3 is 10.1 Å². The highest BCUT2D eigenvalue weighted by Gasteiger charge is 2.14. The van der Waals surface area contributed by atoms with Gasteiger partial charge in [-0.05, 0) is 37.3 Å². The molecule has 1 amide bonds. The molecular weight excluding hydrogens is 460 g/mol. The Kier molecular flexibility index (Phi) is 7.16. The maximum atomic E-state index is 12.3. The van der Waals surface area contributed by atoms with Gasteiger partial charge >= 0.3 is 0 Å². The van der Waals surface area contributed by atoms with Crippen LogP contribution in [0, 0.1) is 6.92 Å². The highest BCUT2D eigenvalue weighted by molar-refractivity contribution is 7.18. The minimum atomic E-state index is -0.292. The summed E-state index contributed by atoms with van der Waals surface area (Å²) < 4.78 is 6.76. The number of nitrogens with one attached hydrogen (secondary N) is 1. The topological polar surface area (TPSA) is 86.1 Å². The number of carbonyl (C=O) groups is 1. The predicted molar refractivity (Wildman–Crippen MR) is 130 cm³/mol. The number of hydrogen-bond donors (Lipinski definition) is 1. The van der Waals surface area contributed by atoms with Gasteiger partial charge in [-0.15, -0.1) is 11.3 Å². The highest BCUT2D eigenvalue weighted by atomic mass is 35.5. The van der Waals surface area contributed by atoms with E-state index < -0.39 is 0 Å². The predicted octanol–water partition coefficient (Wildman–Crippen LogP) is 4.19. The largest absolute Gasteiger partial charge is 0.484 e. The molecule has 33 heavy (non-hydrogen) atoms. The summed E-state index contributed by atoms with van der Waals surface area (Å²) >= 11 is 7.36. The van der Waals surface area contributed by atoms with Crippen molar-refractivity contribution in [3.8, 4) is 26.9 Å². The average Bonchev–Trinajstić information content (AvgIpc) is 3.22. The number of aromatic nitrogens is 3. The molecule has 4 aromatic rings.